The number of rotatable bonds is 3. The van der Waals surface area contributed by atoms with Crippen LogP contribution in [0.4, 0.5) is 0 Å². The van der Waals surface area contributed by atoms with Crippen molar-refractivity contribution in [2.45, 2.75) is 13.8 Å². The molecule has 120 valence electrons. The topological polar surface area (TPSA) is 116 Å². The predicted octanol–water partition coefficient (Wildman–Crippen LogP) is 1.71. The lowest BCUT2D eigenvalue weighted by molar-refractivity contribution is -0.132. The van der Waals surface area contributed by atoms with E-state index in [1.807, 2.05) is 0 Å². The van der Waals surface area contributed by atoms with Crippen molar-refractivity contribution in [2.75, 3.05) is 0 Å². The van der Waals surface area contributed by atoms with E-state index < -0.39 is 11.9 Å². The molecule has 0 saturated heterocycles. The predicted molar refractivity (Wildman–Crippen MR) is 78.1 cm³/mol. The van der Waals surface area contributed by atoms with E-state index in [2.05, 4.69) is 14.7 Å². The highest BCUT2D eigenvalue weighted by Gasteiger charge is 2.11. The lowest BCUT2D eigenvalue weighted by atomic mass is 10.4. The molecule has 0 aliphatic carbocycles. The molecule has 23 heavy (non-hydrogen) atoms. The minimum absolute atomic E-state index is 0.00926. The number of aromatic nitrogens is 2. The third kappa shape index (κ3) is 6.80. The van der Waals surface area contributed by atoms with Crippen molar-refractivity contribution in [2.24, 2.45) is 0 Å². The number of esters is 2. The van der Waals surface area contributed by atoms with Crippen LogP contribution in [-0.4, -0.2) is 33.0 Å². The summed E-state index contributed by atoms with van der Waals surface area (Å²) in [4.78, 5) is 38.9. The van der Waals surface area contributed by atoms with Crippen LogP contribution in [0.1, 0.15) is 24.2 Å². The van der Waals surface area contributed by atoms with Crippen LogP contribution in [0.2, 0.25) is 0 Å². The maximum atomic E-state index is 10.6. The summed E-state index contributed by atoms with van der Waals surface area (Å²) in [6.45, 7) is 2.56. The molecule has 0 spiro atoms. The smallest absolute Gasteiger partial charge is 0.341 e. The summed E-state index contributed by atoms with van der Waals surface area (Å²) in [5.74, 6) is -1.51. The number of pyridine rings is 2. The Morgan fingerprint density at radius 2 is 1.57 bits per heavy atom. The molecule has 0 amide bonds. The summed E-state index contributed by atoms with van der Waals surface area (Å²) in [5, 5.41) is 8.65. The highest BCUT2D eigenvalue weighted by atomic mass is 16.6. The molecule has 0 atom stereocenters. The number of hydrogen-bond acceptors (Lipinski definition) is 7. The number of aromatic carboxylic acids is 1. The van der Waals surface area contributed by atoms with Crippen LogP contribution in [0.15, 0.2) is 43.0 Å². The molecule has 0 aliphatic heterocycles. The van der Waals surface area contributed by atoms with E-state index in [0.717, 1.165) is 6.20 Å². The first-order valence-electron chi connectivity index (χ1n) is 6.34. The van der Waals surface area contributed by atoms with Gasteiger partial charge in [0, 0.05) is 44.7 Å². The Hall–Kier alpha value is -3.29. The molecule has 0 bridgehead atoms. The third-order valence-electron chi connectivity index (χ3n) is 2.18. The first-order chi connectivity index (χ1) is 10.9. The fraction of sp³-hybridized carbons (Fsp3) is 0.133. The zero-order chi connectivity index (χ0) is 17.2. The number of carbonyl (C=O) groups excluding carboxylic acids is 2. The Balaban J connectivity index is 0.000000238. The van der Waals surface area contributed by atoms with E-state index in [1.165, 1.54) is 26.1 Å². The van der Waals surface area contributed by atoms with Gasteiger partial charge in [0.25, 0.3) is 0 Å². The van der Waals surface area contributed by atoms with Gasteiger partial charge in [-0.3, -0.25) is 19.6 Å². The van der Waals surface area contributed by atoms with Crippen molar-refractivity contribution in [1.82, 2.24) is 9.97 Å². The van der Waals surface area contributed by atoms with Crippen molar-refractivity contribution in [3.8, 4) is 11.5 Å². The van der Waals surface area contributed by atoms with Gasteiger partial charge in [0.2, 0.25) is 0 Å². The average molecular weight is 320 g/mol. The summed E-state index contributed by atoms with van der Waals surface area (Å²) in [6, 6.07) is 4.58. The number of ether oxygens (including phenoxy) is 2. The van der Waals surface area contributed by atoms with Crippen molar-refractivity contribution in [1.29, 1.82) is 0 Å². The maximum absolute atomic E-state index is 10.6. The monoisotopic (exact) mass is 320 g/mol. The summed E-state index contributed by atoms with van der Waals surface area (Å²) in [5.41, 5.74) is -0.127. The highest BCUT2D eigenvalue weighted by molar-refractivity contribution is 5.91. The molecular weight excluding hydrogens is 306 g/mol. The van der Waals surface area contributed by atoms with E-state index in [4.69, 9.17) is 9.84 Å². The first-order valence-corrected chi connectivity index (χ1v) is 6.34. The minimum atomic E-state index is -1.18. The molecule has 0 fully saturated rings. The molecule has 0 radical (unpaired) electrons. The fourth-order valence-corrected chi connectivity index (χ4v) is 1.36. The van der Waals surface area contributed by atoms with Gasteiger partial charge in [-0.2, -0.15) is 0 Å². The molecule has 0 unspecified atom stereocenters. The molecular formula is C15H14N2O6. The molecule has 0 saturated carbocycles. The SMILES string of the molecule is CC(=O)Oc1ccncc1.CC(=O)Oc1ccncc1[14C](=O)O. The molecule has 1 N–H and O–H groups in total. The molecule has 8 heteroatoms. The van der Waals surface area contributed by atoms with Gasteiger partial charge in [-0.25, -0.2) is 4.79 Å². The van der Waals surface area contributed by atoms with Crippen LogP contribution in [-0.2, 0) is 9.59 Å². The lowest BCUT2D eigenvalue weighted by Crippen LogP contribution is -2.07. The highest BCUT2D eigenvalue weighted by Crippen LogP contribution is 2.16. The zero-order valence-corrected chi connectivity index (χ0v) is 12.4. The Kier molecular flexibility index (Phi) is 6.86. The van der Waals surface area contributed by atoms with Gasteiger partial charge in [0.1, 0.15) is 17.1 Å². The van der Waals surface area contributed by atoms with Crippen LogP contribution in [0.5, 0.6) is 11.5 Å². The number of nitrogens with zero attached hydrogens (tertiary/aromatic N) is 2. The van der Waals surface area contributed by atoms with Gasteiger partial charge in [-0.15, -0.1) is 0 Å². The Labute approximate surface area is 131 Å². The minimum Gasteiger partial charge on any atom is -0.477 e. The number of carboxylic acid groups (broad SMARTS) is 1. The summed E-state index contributed by atoms with van der Waals surface area (Å²) < 4.78 is 9.38. The molecule has 2 rings (SSSR count). The van der Waals surface area contributed by atoms with Crippen molar-refractivity contribution in [3.05, 3.63) is 48.5 Å². The molecule has 0 aliphatic rings. The molecule has 2 aromatic heterocycles. The standard InChI is InChI=1S/C8H7NO4.C7H7NO2/c1-5(10)13-7-2-3-9-4-6(7)8(11)12;1-6(9)10-7-2-4-8-5-3-7/h2-4H,1H3,(H,11,12);2-5H,1H3/i8+2;. The molecule has 2 heterocycles. The quantitative estimate of drug-likeness (QED) is 0.850. The van der Waals surface area contributed by atoms with Gasteiger partial charge in [0.05, 0.1) is 0 Å². The van der Waals surface area contributed by atoms with Crippen LogP contribution in [0.25, 0.3) is 0 Å². The van der Waals surface area contributed by atoms with E-state index in [-0.39, 0.29) is 17.3 Å². The molecule has 2 aromatic rings. The van der Waals surface area contributed by atoms with E-state index in [1.54, 1.807) is 24.5 Å². The van der Waals surface area contributed by atoms with Crippen molar-refractivity contribution in [3.63, 3.8) is 0 Å². The average Bonchev–Trinajstić information content (AvgIpc) is 2.48. The van der Waals surface area contributed by atoms with E-state index >= 15 is 0 Å². The van der Waals surface area contributed by atoms with Crippen LogP contribution in [0, 0.1) is 0 Å². The Morgan fingerprint density at radius 1 is 1.00 bits per heavy atom. The molecule has 8 nitrogen and oxygen atoms in total. The Morgan fingerprint density at radius 3 is 2.09 bits per heavy atom. The zero-order valence-electron chi connectivity index (χ0n) is 12.4. The summed E-state index contributed by atoms with van der Waals surface area (Å²) in [6.07, 6.45) is 5.61. The fourth-order valence-electron chi connectivity index (χ4n) is 1.36. The van der Waals surface area contributed by atoms with Gasteiger partial charge < -0.3 is 14.6 Å². The van der Waals surface area contributed by atoms with Gasteiger partial charge >= 0.3 is 17.9 Å². The van der Waals surface area contributed by atoms with Gasteiger partial charge in [-0.1, -0.05) is 0 Å². The van der Waals surface area contributed by atoms with Crippen LogP contribution < -0.4 is 9.47 Å². The second-order valence-electron chi connectivity index (χ2n) is 4.05. The van der Waals surface area contributed by atoms with Gasteiger partial charge in [-0.05, 0) is 12.1 Å². The third-order valence-corrected chi connectivity index (χ3v) is 2.18. The number of carboxylic acids is 1. The van der Waals surface area contributed by atoms with Crippen molar-refractivity contribution >= 4 is 17.9 Å². The first kappa shape index (κ1) is 17.8. The normalized spacial score (nSPS) is 9.13. The second-order valence-corrected chi connectivity index (χ2v) is 4.05. The Bertz CT molecular complexity index is 687. The van der Waals surface area contributed by atoms with E-state index in [0.29, 0.717) is 5.75 Å². The second kappa shape index (κ2) is 8.88. The van der Waals surface area contributed by atoms with Crippen molar-refractivity contribution < 1.29 is 29.0 Å². The van der Waals surface area contributed by atoms with E-state index in [9.17, 15) is 14.4 Å². The van der Waals surface area contributed by atoms with Gasteiger partial charge in [0.15, 0.2) is 0 Å². The summed E-state index contributed by atoms with van der Waals surface area (Å²) in [7, 11) is 0. The lowest BCUT2D eigenvalue weighted by Gasteiger charge is -2.03. The van der Waals surface area contributed by atoms with Crippen LogP contribution >= 0.6 is 0 Å². The largest absolute Gasteiger partial charge is 0.477 e. The summed E-state index contributed by atoms with van der Waals surface area (Å²) >= 11 is 0. The number of carbonyl (C=O) groups is 3. The molecule has 0 aromatic carbocycles. The number of hydrogen-bond donors (Lipinski definition) is 1. The maximum Gasteiger partial charge on any atom is 0.341 e. The van der Waals surface area contributed by atoms with Crippen LogP contribution in [0.3, 0.4) is 0 Å².